The molecule has 0 amide bonds. The van der Waals surface area contributed by atoms with Crippen LogP contribution in [-0.2, 0) is 0 Å². The van der Waals surface area contributed by atoms with Crippen molar-refractivity contribution in [3.05, 3.63) is 24.3 Å². The molecule has 1 saturated heterocycles. The lowest BCUT2D eigenvalue weighted by atomic mass is 9.65. The Morgan fingerprint density at radius 3 is 2.44 bits per heavy atom. The molecule has 1 aliphatic carbocycles. The van der Waals surface area contributed by atoms with Crippen LogP contribution >= 0.6 is 0 Å². The maximum absolute atomic E-state index is 5.78. The first kappa shape index (κ1) is 11.9. The minimum absolute atomic E-state index is 0.486. The SMILES string of the molecule is CC1(C)C[C@@H]2C[C@@](C)(CN2c2ccc(N)cc2)C1. The lowest BCUT2D eigenvalue weighted by Crippen LogP contribution is -2.34. The number of hydrogen-bond donors (Lipinski definition) is 1. The first-order chi connectivity index (χ1) is 8.37. The van der Waals surface area contributed by atoms with Crippen molar-refractivity contribution in [2.24, 2.45) is 10.8 Å². The predicted molar refractivity (Wildman–Crippen MR) is 77.7 cm³/mol. The van der Waals surface area contributed by atoms with Crippen LogP contribution in [0.3, 0.4) is 0 Å². The van der Waals surface area contributed by atoms with E-state index in [0.29, 0.717) is 16.9 Å². The summed E-state index contributed by atoms with van der Waals surface area (Å²) in [6.45, 7) is 8.50. The average molecular weight is 244 g/mol. The van der Waals surface area contributed by atoms with Gasteiger partial charge in [0.15, 0.2) is 0 Å². The molecule has 2 nitrogen and oxygen atoms in total. The number of hydrogen-bond acceptors (Lipinski definition) is 2. The van der Waals surface area contributed by atoms with Crippen molar-refractivity contribution < 1.29 is 0 Å². The smallest absolute Gasteiger partial charge is 0.0370 e. The van der Waals surface area contributed by atoms with Crippen molar-refractivity contribution in [3.63, 3.8) is 0 Å². The molecule has 1 aliphatic heterocycles. The zero-order valence-electron chi connectivity index (χ0n) is 11.7. The Morgan fingerprint density at radius 1 is 1.11 bits per heavy atom. The molecule has 1 saturated carbocycles. The fraction of sp³-hybridized carbons (Fsp3) is 0.625. The molecule has 0 aromatic heterocycles. The number of fused-ring (bicyclic) bond motifs is 2. The molecule has 1 heterocycles. The second-order valence-electron chi connectivity index (χ2n) is 7.43. The van der Waals surface area contributed by atoms with Gasteiger partial charge in [0.1, 0.15) is 0 Å². The van der Waals surface area contributed by atoms with Gasteiger partial charge in [0.25, 0.3) is 0 Å². The Kier molecular flexibility index (Phi) is 2.42. The van der Waals surface area contributed by atoms with Crippen LogP contribution in [0.5, 0.6) is 0 Å². The highest BCUT2D eigenvalue weighted by Gasteiger charge is 2.49. The Labute approximate surface area is 110 Å². The largest absolute Gasteiger partial charge is 0.399 e. The highest BCUT2D eigenvalue weighted by Crippen LogP contribution is 2.53. The van der Waals surface area contributed by atoms with E-state index in [0.717, 1.165) is 5.69 Å². The molecule has 18 heavy (non-hydrogen) atoms. The molecule has 3 rings (SSSR count). The minimum atomic E-state index is 0.486. The van der Waals surface area contributed by atoms with Gasteiger partial charge >= 0.3 is 0 Å². The molecule has 1 aromatic rings. The molecular weight excluding hydrogens is 220 g/mol. The lowest BCUT2D eigenvalue weighted by Gasteiger charge is -2.39. The van der Waals surface area contributed by atoms with E-state index in [4.69, 9.17) is 5.73 Å². The van der Waals surface area contributed by atoms with Crippen molar-refractivity contribution in [1.29, 1.82) is 0 Å². The molecule has 98 valence electrons. The molecule has 1 aromatic carbocycles. The third-order valence-corrected chi connectivity index (χ3v) is 4.64. The Morgan fingerprint density at radius 2 is 1.78 bits per heavy atom. The van der Waals surface area contributed by atoms with Gasteiger partial charge in [-0.2, -0.15) is 0 Å². The first-order valence-corrected chi connectivity index (χ1v) is 6.99. The number of rotatable bonds is 1. The molecule has 2 N–H and O–H groups in total. The van der Waals surface area contributed by atoms with Gasteiger partial charge < -0.3 is 10.6 Å². The maximum Gasteiger partial charge on any atom is 0.0370 e. The third-order valence-electron chi connectivity index (χ3n) is 4.64. The summed E-state index contributed by atoms with van der Waals surface area (Å²) in [5.41, 5.74) is 8.96. The third kappa shape index (κ3) is 1.98. The summed E-state index contributed by atoms with van der Waals surface area (Å²) in [6, 6.07) is 9.09. The molecule has 0 radical (unpaired) electrons. The van der Waals surface area contributed by atoms with Crippen molar-refractivity contribution in [1.82, 2.24) is 0 Å². The highest BCUT2D eigenvalue weighted by atomic mass is 15.2. The van der Waals surface area contributed by atoms with Crippen molar-refractivity contribution >= 4 is 11.4 Å². The van der Waals surface area contributed by atoms with Crippen LogP contribution < -0.4 is 10.6 Å². The first-order valence-electron chi connectivity index (χ1n) is 6.99. The summed E-state index contributed by atoms with van der Waals surface area (Å²) in [7, 11) is 0. The van der Waals surface area contributed by atoms with Crippen molar-refractivity contribution in [2.75, 3.05) is 17.2 Å². The molecule has 2 aliphatic rings. The fourth-order valence-electron chi connectivity index (χ4n) is 4.43. The zero-order valence-corrected chi connectivity index (χ0v) is 11.7. The van der Waals surface area contributed by atoms with E-state index in [1.165, 1.54) is 31.5 Å². The van der Waals surface area contributed by atoms with Gasteiger partial charge in [-0.15, -0.1) is 0 Å². The molecular formula is C16H24N2. The predicted octanol–water partition coefficient (Wildman–Crippen LogP) is 3.67. The van der Waals surface area contributed by atoms with Gasteiger partial charge in [-0.3, -0.25) is 0 Å². The molecule has 2 atom stereocenters. The van der Waals surface area contributed by atoms with E-state index >= 15 is 0 Å². The average Bonchev–Trinajstić information content (AvgIpc) is 2.49. The lowest BCUT2D eigenvalue weighted by molar-refractivity contribution is 0.136. The summed E-state index contributed by atoms with van der Waals surface area (Å²) >= 11 is 0. The Hall–Kier alpha value is -1.18. The summed E-state index contributed by atoms with van der Waals surface area (Å²) < 4.78 is 0. The number of benzene rings is 1. The van der Waals surface area contributed by atoms with Crippen LogP contribution in [-0.4, -0.2) is 12.6 Å². The van der Waals surface area contributed by atoms with Crippen LogP contribution in [0.25, 0.3) is 0 Å². The van der Waals surface area contributed by atoms with E-state index in [1.807, 2.05) is 12.1 Å². The van der Waals surface area contributed by atoms with Crippen LogP contribution in [0.15, 0.2) is 24.3 Å². The van der Waals surface area contributed by atoms with Crippen LogP contribution in [0, 0.1) is 10.8 Å². The van der Waals surface area contributed by atoms with Gasteiger partial charge in [-0.1, -0.05) is 20.8 Å². The monoisotopic (exact) mass is 244 g/mol. The van der Waals surface area contributed by atoms with Gasteiger partial charge in [0.2, 0.25) is 0 Å². The van der Waals surface area contributed by atoms with E-state index in [2.05, 4.69) is 37.8 Å². The number of nitrogen functional groups attached to an aromatic ring is 1. The second kappa shape index (κ2) is 3.66. The van der Waals surface area contributed by atoms with E-state index in [-0.39, 0.29) is 0 Å². The number of nitrogens with zero attached hydrogens (tertiary/aromatic N) is 1. The fourth-order valence-corrected chi connectivity index (χ4v) is 4.43. The Balaban J connectivity index is 1.90. The van der Waals surface area contributed by atoms with E-state index < -0.39 is 0 Å². The molecule has 2 heteroatoms. The number of anilines is 2. The molecule has 0 spiro atoms. The topological polar surface area (TPSA) is 29.3 Å². The van der Waals surface area contributed by atoms with Gasteiger partial charge in [-0.25, -0.2) is 0 Å². The highest BCUT2D eigenvalue weighted by molar-refractivity contribution is 5.55. The summed E-state index contributed by atoms with van der Waals surface area (Å²) in [5, 5.41) is 0. The normalized spacial score (nSPS) is 33.7. The molecule has 2 fully saturated rings. The van der Waals surface area contributed by atoms with E-state index in [1.54, 1.807) is 0 Å². The maximum atomic E-state index is 5.78. The van der Waals surface area contributed by atoms with Crippen molar-refractivity contribution in [3.8, 4) is 0 Å². The van der Waals surface area contributed by atoms with Crippen molar-refractivity contribution in [2.45, 2.75) is 46.1 Å². The summed E-state index contributed by atoms with van der Waals surface area (Å²) in [4.78, 5) is 2.61. The second-order valence-corrected chi connectivity index (χ2v) is 7.43. The van der Waals surface area contributed by atoms with Gasteiger partial charge in [0.05, 0.1) is 0 Å². The quantitative estimate of drug-likeness (QED) is 0.764. The van der Waals surface area contributed by atoms with Crippen LogP contribution in [0.1, 0.15) is 40.0 Å². The number of nitrogens with two attached hydrogens (primary N) is 1. The summed E-state index contributed by atoms with van der Waals surface area (Å²) in [5.74, 6) is 0. The Bertz CT molecular complexity index is 449. The van der Waals surface area contributed by atoms with Crippen LogP contribution in [0.2, 0.25) is 0 Å². The van der Waals surface area contributed by atoms with Crippen LogP contribution in [0.4, 0.5) is 11.4 Å². The molecule has 0 unspecified atom stereocenters. The van der Waals surface area contributed by atoms with E-state index in [9.17, 15) is 0 Å². The van der Waals surface area contributed by atoms with Gasteiger partial charge in [-0.05, 0) is 54.4 Å². The summed E-state index contributed by atoms with van der Waals surface area (Å²) in [6.07, 6.45) is 4.01. The minimum Gasteiger partial charge on any atom is -0.399 e. The standard InChI is InChI=1S/C16H24N2/c1-15(2)8-14-9-16(3,10-15)11-18(14)13-6-4-12(17)5-7-13/h4-7,14H,8-11,17H2,1-3H3/t14-,16-/m1/s1. The van der Waals surface area contributed by atoms with Gasteiger partial charge in [0, 0.05) is 24.0 Å². The zero-order chi connectivity index (χ0) is 13.0. The molecule has 2 bridgehead atoms.